The first kappa shape index (κ1) is 38.9. The number of piperazine rings is 1. The van der Waals surface area contributed by atoms with Crippen molar-refractivity contribution in [3.63, 3.8) is 0 Å². The van der Waals surface area contributed by atoms with Gasteiger partial charge in [0.1, 0.15) is 11.4 Å². The number of aryl methyl sites for hydroxylation is 1. The number of hydrogen-bond acceptors (Lipinski definition) is 8. The molecule has 2 aromatic carbocycles. The van der Waals surface area contributed by atoms with Gasteiger partial charge >= 0.3 is 0 Å². The van der Waals surface area contributed by atoms with Crippen molar-refractivity contribution in [2.24, 2.45) is 23.7 Å². The van der Waals surface area contributed by atoms with Gasteiger partial charge in [0.05, 0.1) is 24.2 Å². The number of anilines is 1. The number of halogens is 1. The van der Waals surface area contributed by atoms with Crippen molar-refractivity contribution in [1.29, 1.82) is 0 Å². The van der Waals surface area contributed by atoms with Gasteiger partial charge < -0.3 is 14.4 Å². The summed E-state index contributed by atoms with van der Waals surface area (Å²) in [4.78, 5) is 21.7. The molecule has 11 heteroatoms. The highest BCUT2D eigenvalue weighted by molar-refractivity contribution is 7.90. The van der Waals surface area contributed by atoms with Gasteiger partial charge in [0.25, 0.3) is 5.91 Å². The number of ether oxygens (including phenoxy) is 2. The summed E-state index contributed by atoms with van der Waals surface area (Å²) >= 11 is 6.55. The van der Waals surface area contributed by atoms with E-state index in [0.717, 1.165) is 94.4 Å². The lowest BCUT2D eigenvalue weighted by atomic mass is 9.63. The predicted octanol–water partition coefficient (Wildman–Crippen LogP) is 7.22. The largest absolute Gasteiger partial charge is 0.490 e. The zero-order chi connectivity index (χ0) is 38.7. The molecule has 3 aliphatic carbocycles. The molecule has 304 valence electrons. The SMILES string of the molecule is C[C@@H]1[C@@H](C)C/C=C/[C@@](CN2CCN3CCCC[C@@H]3C2)(OCC2CC2)[C@@H]2CC[C@H]2CN2C[C@@]3(CCCc4cc(Cl)ccc43)COc3ccc(cc32)C(=O)NS1(=O)=O. The molecule has 2 saturated carbocycles. The maximum absolute atomic E-state index is 13.8. The van der Waals surface area contributed by atoms with Gasteiger partial charge in [-0.25, -0.2) is 13.1 Å². The molecular weight excluding hydrogens is 744 g/mol. The van der Waals surface area contributed by atoms with Crippen LogP contribution in [0.3, 0.4) is 0 Å². The second-order valence-corrected chi connectivity index (χ2v) is 21.1. The molecule has 0 unspecified atom stereocenters. The molecule has 1 spiro atoms. The third-order valence-electron chi connectivity index (χ3n) is 14.9. The minimum atomic E-state index is -3.95. The zero-order valence-corrected chi connectivity index (χ0v) is 35.0. The van der Waals surface area contributed by atoms with E-state index in [0.29, 0.717) is 42.4 Å². The van der Waals surface area contributed by atoms with Crippen LogP contribution in [0.4, 0.5) is 5.69 Å². The molecule has 1 amide bonds. The summed E-state index contributed by atoms with van der Waals surface area (Å²) in [7, 11) is -3.95. The number of nitrogens with one attached hydrogen (secondary N) is 1. The summed E-state index contributed by atoms with van der Waals surface area (Å²) in [5, 5.41) is -0.00206. The van der Waals surface area contributed by atoms with E-state index in [2.05, 4.69) is 43.7 Å². The number of sulfonamides is 1. The van der Waals surface area contributed by atoms with E-state index in [1.807, 2.05) is 25.1 Å². The van der Waals surface area contributed by atoms with Gasteiger partial charge in [-0.15, -0.1) is 0 Å². The van der Waals surface area contributed by atoms with Gasteiger partial charge in [-0.2, -0.15) is 0 Å². The summed E-state index contributed by atoms with van der Waals surface area (Å²) in [6.07, 6.45) is 16.8. The molecule has 9 nitrogen and oxygen atoms in total. The third kappa shape index (κ3) is 7.67. The average Bonchev–Trinajstić information content (AvgIpc) is 4.02. The number of piperidine rings is 1. The maximum Gasteiger partial charge on any atom is 0.264 e. The normalized spacial score (nSPS) is 35.5. The van der Waals surface area contributed by atoms with Crippen LogP contribution in [-0.2, 0) is 26.6 Å². The third-order valence-corrected chi connectivity index (χ3v) is 17.1. The summed E-state index contributed by atoms with van der Waals surface area (Å²) in [6.45, 7) is 11.9. The van der Waals surface area contributed by atoms with Crippen molar-refractivity contribution < 1.29 is 22.7 Å². The fourth-order valence-electron chi connectivity index (χ4n) is 11.0. The molecule has 7 aliphatic rings. The fraction of sp³-hybridized carbons (Fsp3) is 0.667. The number of carbonyl (C=O) groups is 1. The molecule has 2 aromatic rings. The van der Waals surface area contributed by atoms with Crippen LogP contribution in [0.15, 0.2) is 48.6 Å². The molecular formula is C45H61ClN4O5S. The van der Waals surface area contributed by atoms with Crippen molar-refractivity contribution in [1.82, 2.24) is 14.5 Å². The van der Waals surface area contributed by atoms with Crippen LogP contribution in [0.5, 0.6) is 5.75 Å². The second kappa shape index (κ2) is 15.5. The summed E-state index contributed by atoms with van der Waals surface area (Å²) in [5.41, 5.74) is 3.05. The van der Waals surface area contributed by atoms with E-state index in [1.165, 1.54) is 49.8 Å². The Hall–Kier alpha value is -2.63. The van der Waals surface area contributed by atoms with Crippen molar-refractivity contribution in [2.45, 2.75) is 107 Å². The first-order valence-corrected chi connectivity index (χ1v) is 23.6. The number of fused-ring (bicyclic) bond motifs is 5. The number of amides is 1. The summed E-state index contributed by atoms with van der Waals surface area (Å²) in [5.74, 6) is 1.23. The fourth-order valence-corrected chi connectivity index (χ4v) is 12.5. The van der Waals surface area contributed by atoms with Crippen LogP contribution >= 0.6 is 11.6 Å². The molecule has 4 aliphatic heterocycles. The van der Waals surface area contributed by atoms with Gasteiger partial charge in [-0.3, -0.25) is 14.6 Å². The van der Waals surface area contributed by atoms with Crippen LogP contribution in [0.25, 0.3) is 0 Å². The van der Waals surface area contributed by atoms with E-state index in [1.54, 1.807) is 13.0 Å². The van der Waals surface area contributed by atoms with E-state index in [-0.39, 0.29) is 11.3 Å². The molecule has 1 N–H and O–H groups in total. The highest BCUT2D eigenvalue weighted by Crippen LogP contribution is 2.50. The van der Waals surface area contributed by atoms with Gasteiger partial charge in [-0.05, 0) is 143 Å². The monoisotopic (exact) mass is 804 g/mol. The molecule has 2 saturated heterocycles. The van der Waals surface area contributed by atoms with Gasteiger partial charge in [0.2, 0.25) is 10.0 Å². The van der Waals surface area contributed by atoms with Gasteiger partial charge in [-0.1, -0.05) is 43.2 Å². The lowest BCUT2D eigenvalue weighted by Gasteiger charge is -2.53. The Morgan fingerprint density at radius 2 is 1.86 bits per heavy atom. The van der Waals surface area contributed by atoms with Crippen molar-refractivity contribution in [3.8, 4) is 5.75 Å². The Labute approximate surface area is 339 Å². The van der Waals surface area contributed by atoms with Crippen LogP contribution < -0.4 is 14.4 Å². The Morgan fingerprint density at radius 1 is 0.982 bits per heavy atom. The summed E-state index contributed by atoms with van der Waals surface area (Å²) < 4.78 is 44.1. The van der Waals surface area contributed by atoms with Crippen LogP contribution in [-0.4, -0.2) is 100 Å². The van der Waals surface area contributed by atoms with Gasteiger partial charge in [0, 0.05) is 61.3 Å². The Balaban J connectivity index is 1.12. The Morgan fingerprint density at radius 3 is 2.68 bits per heavy atom. The molecule has 4 fully saturated rings. The van der Waals surface area contributed by atoms with Crippen molar-refractivity contribution in [2.75, 3.05) is 63.9 Å². The highest BCUT2D eigenvalue weighted by Gasteiger charge is 2.51. The highest BCUT2D eigenvalue weighted by atomic mass is 35.5. The van der Waals surface area contributed by atoms with Crippen LogP contribution in [0, 0.1) is 23.7 Å². The maximum atomic E-state index is 13.8. The zero-order valence-electron chi connectivity index (χ0n) is 33.4. The predicted molar refractivity (Wildman–Crippen MR) is 222 cm³/mol. The van der Waals surface area contributed by atoms with Crippen LogP contribution in [0.2, 0.25) is 5.02 Å². The molecule has 4 heterocycles. The number of hydrogen-bond donors (Lipinski definition) is 1. The lowest BCUT2D eigenvalue weighted by Crippen LogP contribution is -2.61. The molecule has 0 aromatic heterocycles. The average molecular weight is 806 g/mol. The minimum absolute atomic E-state index is 0.200. The smallest absolute Gasteiger partial charge is 0.264 e. The molecule has 7 atom stereocenters. The molecule has 56 heavy (non-hydrogen) atoms. The van der Waals surface area contributed by atoms with E-state index < -0.39 is 26.8 Å². The standard InChI is InChI=1S/C45H61ClN4O5S/c1-31-7-5-19-45(55-27-33-10-11-33,29-48-21-22-49-20-4-3-9-38(49)26-48)40-15-12-36(40)25-50-28-44(18-6-8-34-23-37(46)14-16-39(34)44)30-54-42-17-13-35(24-41(42)50)43(51)47-56(52,53)32(31)2/h5,13-14,16-17,19,23-24,31-33,36,38,40H,3-4,6-12,15,18,20-22,25-30H2,1-2H3,(H,47,51)/b19-5+/t31-,32+,36-,38+,40+,44-,45-/m0/s1. The number of allylic oxidation sites excluding steroid dienone is 1. The first-order chi connectivity index (χ1) is 27.0. The molecule has 0 radical (unpaired) electrons. The quantitative estimate of drug-likeness (QED) is 0.317. The second-order valence-electron chi connectivity index (χ2n) is 18.7. The van der Waals surface area contributed by atoms with E-state index >= 15 is 0 Å². The minimum Gasteiger partial charge on any atom is -0.490 e. The van der Waals surface area contributed by atoms with Crippen molar-refractivity contribution >= 4 is 33.2 Å². The van der Waals surface area contributed by atoms with E-state index in [4.69, 9.17) is 21.1 Å². The number of benzene rings is 2. The topological polar surface area (TPSA) is 91.4 Å². The summed E-state index contributed by atoms with van der Waals surface area (Å²) in [6, 6.07) is 12.4. The van der Waals surface area contributed by atoms with Gasteiger partial charge in [0.15, 0.2) is 0 Å². The molecule has 9 rings (SSSR count). The van der Waals surface area contributed by atoms with E-state index in [9.17, 15) is 13.2 Å². The Kier molecular flexibility index (Phi) is 10.8. The number of rotatable bonds is 5. The number of carbonyl (C=O) groups excluding carboxylic acids is 1. The number of nitrogens with zero attached hydrogens (tertiary/aromatic N) is 3. The first-order valence-electron chi connectivity index (χ1n) is 21.7. The Bertz CT molecular complexity index is 1940. The van der Waals surface area contributed by atoms with Crippen LogP contribution in [0.1, 0.15) is 99.5 Å². The van der Waals surface area contributed by atoms with Crippen molar-refractivity contribution in [3.05, 3.63) is 70.3 Å². The lowest BCUT2D eigenvalue weighted by molar-refractivity contribution is -0.122. The molecule has 2 bridgehead atoms.